The van der Waals surface area contributed by atoms with E-state index in [-0.39, 0.29) is 19.6 Å². The van der Waals surface area contributed by atoms with E-state index in [2.05, 4.69) is 10.6 Å². The minimum atomic E-state index is -1.32. The van der Waals surface area contributed by atoms with Gasteiger partial charge in [0, 0.05) is 6.42 Å². The molecule has 0 saturated heterocycles. The van der Waals surface area contributed by atoms with E-state index in [1.54, 1.807) is 6.92 Å². The molecular formula is C28H30N2O6. The van der Waals surface area contributed by atoms with Crippen LogP contribution in [0.3, 0.4) is 0 Å². The van der Waals surface area contributed by atoms with Gasteiger partial charge in [-0.25, -0.2) is 9.59 Å². The first-order valence-electron chi connectivity index (χ1n) is 11.6. The molecule has 0 spiro atoms. The maximum atomic E-state index is 13.2. The highest BCUT2D eigenvalue weighted by molar-refractivity contribution is 5.89. The van der Waals surface area contributed by atoms with Crippen molar-refractivity contribution in [1.29, 1.82) is 0 Å². The van der Waals surface area contributed by atoms with Crippen LogP contribution in [0.15, 0.2) is 91.0 Å². The SMILES string of the molecule is C[C@H](OCc1ccccc1)[C@H](NC(=O)[C@H](Cc1ccccc1)NC(=O)OCc1ccccc1)C(=O)O. The van der Waals surface area contributed by atoms with Gasteiger partial charge in [-0.3, -0.25) is 4.79 Å². The molecule has 0 unspecified atom stereocenters. The van der Waals surface area contributed by atoms with Gasteiger partial charge in [-0.15, -0.1) is 0 Å². The van der Waals surface area contributed by atoms with Crippen LogP contribution < -0.4 is 10.6 Å². The van der Waals surface area contributed by atoms with E-state index in [4.69, 9.17) is 9.47 Å². The number of aliphatic carboxylic acids is 1. The lowest BCUT2D eigenvalue weighted by molar-refractivity contribution is -0.146. The predicted octanol–water partition coefficient (Wildman–Crippen LogP) is 3.70. The summed E-state index contributed by atoms with van der Waals surface area (Å²) in [6.45, 7) is 1.81. The Balaban J connectivity index is 1.65. The van der Waals surface area contributed by atoms with Crippen molar-refractivity contribution in [2.24, 2.45) is 0 Å². The van der Waals surface area contributed by atoms with Crippen molar-refractivity contribution >= 4 is 18.0 Å². The zero-order valence-electron chi connectivity index (χ0n) is 20.0. The van der Waals surface area contributed by atoms with Gasteiger partial charge in [-0.1, -0.05) is 91.0 Å². The lowest BCUT2D eigenvalue weighted by atomic mass is 10.0. The van der Waals surface area contributed by atoms with Crippen LogP contribution in [0.2, 0.25) is 0 Å². The van der Waals surface area contributed by atoms with Gasteiger partial charge in [0.25, 0.3) is 0 Å². The highest BCUT2D eigenvalue weighted by Crippen LogP contribution is 2.09. The molecule has 188 valence electrons. The van der Waals surface area contributed by atoms with E-state index < -0.39 is 36.2 Å². The van der Waals surface area contributed by atoms with Crippen molar-refractivity contribution in [3.05, 3.63) is 108 Å². The molecule has 36 heavy (non-hydrogen) atoms. The Morgan fingerprint density at radius 1 is 0.750 bits per heavy atom. The normalized spacial score (nSPS) is 13.1. The molecule has 8 heteroatoms. The largest absolute Gasteiger partial charge is 0.480 e. The lowest BCUT2D eigenvalue weighted by Crippen LogP contribution is -2.55. The summed E-state index contributed by atoms with van der Waals surface area (Å²) < 4.78 is 11.0. The van der Waals surface area contributed by atoms with Gasteiger partial charge in [-0.05, 0) is 23.6 Å². The van der Waals surface area contributed by atoms with Crippen LogP contribution >= 0.6 is 0 Å². The zero-order valence-corrected chi connectivity index (χ0v) is 20.0. The molecular weight excluding hydrogens is 460 g/mol. The second-order valence-corrected chi connectivity index (χ2v) is 8.27. The molecule has 3 N–H and O–H groups in total. The van der Waals surface area contributed by atoms with Crippen molar-refractivity contribution in [1.82, 2.24) is 10.6 Å². The minimum absolute atomic E-state index is 0.0362. The Labute approximate surface area is 210 Å². The van der Waals surface area contributed by atoms with Crippen molar-refractivity contribution in [2.45, 2.75) is 44.7 Å². The van der Waals surface area contributed by atoms with E-state index >= 15 is 0 Å². The Bertz CT molecular complexity index is 1110. The highest BCUT2D eigenvalue weighted by atomic mass is 16.5. The van der Waals surface area contributed by atoms with E-state index in [0.29, 0.717) is 0 Å². The standard InChI is InChI=1S/C28H30N2O6/c1-20(35-18-22-13-7-3-8-14-22)25(27(32)33)30-26(31)24(17-21-11-5-2-6-12-21)29-28(34)36-19-23-15-9-4-10-16-23/h2-16,20,24-25H,17-19H2,1H3,(H,29,34)(H,30,31)(H,32,33)/t20-,24-,25-/m0/s1. The Morgan fingerprint density at radius 3 is 1.78 bits per heavy atom. The second kappa shape index (κ2) is 13.7. The number of alkyl carbamates (subject to hydrolysis) is 1. The molecule has 0 aliphatic heterocycles. The third-order valence-corrected chi connectivity index (χ3v) is 5.49. The van der Waals surface area contributed by atoms with Crippen LogP contribution in [0.25, 0.3) is 0 Å². The van der Waals surface area contributed by atoms with Crippen LogP contribution in [0.5, 0.6) is 0 Å². The summed E-state index contributed by atoms with van der Waals surface area (Å²) in [4.78, 5) is 37.6. The fraction of sp³-hybridized carbons (Fsp3) is 0.250. The van der Waals surface area contributed by atoms with Crippen molar-refractivity contribution in [3.63, 3.8) is 0 Å². The molecule has 3 aromatic carbocycles. The first-order valence-corrected chi connectivity index (χ1v) is 11.6. The molecule has 0 fully saturated rings. The van der Waals surface area contributed by atoms with Gasteiger partial charge in [0.15, 0.2) is 6.04 Å². The zero-order chi connectivity index (χ0) is 25.8. The maximum Gasteiger partial charge on any atom is 0.408 e. The number of carboxylic acids is 1. The van der Waals surface area contributed by atoms with Gasteiger partial charge >= 0.3 is 12.1 Å². The molecule has 3 aromatic rings. The fourth-order valence-electron chi connectivity index (χ4n) is 3.50. The molecule has 0 bridgehead atoms. The molecule has 0 heterocycles. The molecule has 0 aliphatic rings. The number of carbonyl (C=O) groups is 3. The highest BCUT2D eigenvalue weighted by Gasteiger charge is 2.31. The number of nitrogens with one attached hydrogen (secondary N) is 2. The van der Waals surface area contributed by atoms with E-state index in [1.807, 2.05) is 91.0 Å². The topological polar surface area (TPSA) is 114 Å². The number of hydrogen-bond donors (Lipinski definition) is 3. The van der Waals surface area contributed by atoms with Crippen LogP contribution in [0.4, 0.5) is 4.79 Å². The summed E-state index contributed by atoms with van der Waals surface area (Å²) in [5.74, 6) is -1.90. The first kappa shape index (κ1) is 26.4. The Morgan fingerprint density at radius 2 is 1.25 bits per heavy atom. The average molecular weight is 491 g/mol. The summed E-state index contributed by atoms with van der Waals surface area (Å²) in [5, 5.41) is 14.8. The second-order valence-electron chi connectivity index (χ2n) is 8.27. The average Bonchev–Trinajstić information content (AvgIpc) is 2.90. The first-order chi connectivity index (χ1) is 17.4. The third kappa shape index (κ3) is 8.56. The van der Waals surface area contributed by atoms with Crippen molar-refractivity contribution in [2.75, 3.05) is 0 Å². The van der Waals surface area contributed by atoms with Gasteiger partial charge in [0.1, 0.15) is 12.6 Å². The number of rotatable bonds is 12. The Hall–Kier alpha value is -4.17. The molecule has 0 aromatic heterocycles. The fourth-order valence-corrected chi connectivity index (χ4v) is 3.50. The lowest BCUT2D eigenvalue weighted by Gasteiger charge is -2.25. The number of amides is 2. The van der Waals surface area contributed by atoms with Crippen LogP contribution in [-0.4, -0.2) is 41.3 Å². The number of hydrogen-bond acceptors (Lipinski definition) is 5. The van der Waals surface area contributed by atoms with Crippen molar-refractivity contribution < 1.29 is 29.0 Å². The van der Waals surface area contributed by atoms with Crippen molar-refractivity contribution in [3.8, 4) is 0 Å². The summed E-state index contributed by atoms with van der Waals surface area (Å²) >= 11 is 0. The number of carboxylic acid groups (broad SMARTS) is 1. The molecule has 2 amide bonds. The van der Waals surface area contributed by atoms with Gasteiger partial charge in [0.05, 0.1) is 12.7 Å². The maximum absolute atomic E-state index is 13.2. The monoisotopic (exact) mass is 490 g/mol. The predicted molar refractivity (Wildman–Crippen MR) is 134 cm³/mol. The van der Waals surface area contributed by atoms with E-state index in [1.165, 1.54) is 0 Å². The summed E-state index contributed by atoms with van der Waals surface area (Å²) in [6, 6.07) is 25.2. The van der Waals surface area contributed by atoms with Crippen LogP contribution in [0.1, 0.15) is 23.6 Å². The number of benzene rings is 3. The third-order valence-electron chi connectivity index (χ3n) is 5.49. The smallest absolute Gasteiger partial charge is 0.408 e. The van der Waals surface area contributed by atoms with Crippen LogP contribution in [-0.2, 0) is 38.7 Å². The van der Waals surface area contributed by atoms with Gasteiger partial charge in [0.2, 0.25) is 5.91 Å². The summed E-state index contributed by atoms with van der Waals surface area (Å²) in [5.41, 5.74) is 2.47. The molecule has 3 rings (SSSR count). The molecule has 0 aliphatic carbocycles. The molecule has 3 atom stereocenters. The van der Waals surface area contributed by atoms with E-state index in [0.717, 1.165) is 16.7 Å². The molecule has 8 nitrogen and oxygen atoms in total. The van der Waals surface area contributed by atoms with E-state index in [9.17, 15) is 19.5 Å². The Kier molecular flexibility index (Phi) is 10.0. The van der Waals surface area contributed by atoms with Gasteiger partial charge < -0.3 is 25.2 Å². The van der Waals surface area contributed by atoms with Gasteiger partial charge in [-0.2, -0.15) is 0 Å². The van der Waals surface area contributed by atoms with Crippen LogP contribution in [0, 0.1) is 0 Å². The summed E-state index contributed by atoms with van der Waals surface area (Å²) in [6.07, 6.45) is -1.46. The minimum Gasteiger partial charge on any atom is -0.480 e. The quantitative estimate of drug-likeness (QED) is 0.357. The summed E-state index contributed by atoms with van der Waals surface area (Å²) in [7, 11) is 0. The number of carbonyl (C=O) groups excluding carboxylic acids is 2. The molecule has 0 saturated carbocycles. The number of ether oxygens (including phenoxy) is 2. The molecule has 0 radical (unpaired) electrons.